The van der Waals surface area contributed by atoms with Crippen molar-refractivity contribution >= 4 is 21.9 Å². The molecule has 6 heteroatoms. The number of rotatable bonds is 5. The summed E-state index contributed by atoms with van der Waals surface area (Å²) in [7, 11) is 1.51. The van der Waals surface area contributed by atoms with Gasteiger partial charge in [-0.2, -0.15) is 0 Å². The predicted molar refractivity (Wildman–Crippen MR) is 121 cm³/mol. The topological polar surface area (TPSA) is 78.9 Å². The summed E-state index contributed by atoms with van der Waals surface area (Å²) in [4.78, 5) is 25.1. The largest absolute Gasteiger partial charge is 0.493 e. The van der Waals surface area contributed by atoms with Crippen molar-refractivity contribution in [1.29, 1.82) is 0 Å². The van der Waals surface area contributed by atoms with Gasteiger partial charge in [0.2, 0.25) is 0 Å². The first-order valence-electron chi connectivity index (χ1n) is 9.98. The number of para-hydroxylation sites is 1. The van der Waals surface area contributed by atoms with Crippen molar-refractivity contribution in [2.45, 2.75) is 6.61 Å². The summed E-state index contributed by atoms with van der Waals surface area (Å²) < 4.78 is 22.0. The molecule has 2 aromatic heterocycles. The van der Waals surface area contributed by atoms with E-state index in [1.54, 1.807) is 36.4 Å². The van der Waals surface area contributed by atoms with E-state index in [-0.39, 0.29) is 5.56 Å². The second-order valence-electron chi connectivity index (χ2n) is 7.24. The number of methoxy groups -OCH3 is 1. The normalized spacial score (nSPS) is 11.0. The van der Waals surface area contributed by atoms with Crippen molar-refractivity contribution in [3.8, 4) is 22.6 Å². The van der Waals surface area contributed by atoms with E-state index in [4.69, 9.17) is 18.3 Å². The van der Waals surface area contributed by atoms with E-state index in [1.165, 1.54) is 13.2 Å². The molecule has 0 fully saturated rings. The third kappa shape index (κ3) is 3.63. The average Bonchev–Trinajstić information content (AvgIpc) is 2.82. The molecule has 0 aliphatic rings. The Hall–Kier alpha value is -4.32. The van der Waals surface area contributed by atoms with Crippen LogP contribution in [0.4, 0.5) is 0 Å². The first kappa shape index (κ1) is 19.6. The zero-order chi connectivity index (χ0) is 22.1. The van der Waals surface area contributed by atoms with Crippen molar-refractivity contribution in [1.82, 2.24) is 0 Å². The Morgan fingerprint density at radius 2 is 1.66 bits per heavy atom. The van der Waals surface area contributed by atoms with E-state index in [0.717, 1.165) is 5.56 Å². The Balaban J connectivity index is 1.59. The summed E-state index contributed by atoms with van der Waals surface area (Å²) in [5.41, 5.74) is 1.25. The number of benzene rings is 3. The maximum absolute atomic E-state index is 12.8. The van der Waals surface area contributed by atoms with E-state index in [2.05, 4.69) is 0 Å². The van der Waals surface area contributed by atoms with Crippen LogP contribution in [0.25, 0.3) is 33.1 Å². The molecule has 0 saturated carbocycles. The molecule has 0 aliphatic carbocycles. The van der Waals surface area contributed by atoms with E-state index >= 15 is 0 Å². The van der Waals surface area contributed by atoms with Gasteiger partial charge in [-0.05, 0) is 29.8 Å². The molecule has 2 heterocycles. The van der Waals surface area contributed by atoms with Gasteiger partial charge in [-0.25, -0.2) is 9.59 Å². The zero-order valence-corrected chi connectivity index (χ0v) is 17.2. The Kier molecular flexibility index (Phi) is 4.95. The quantitative estimate of drug-likeness (QED) is 0.362. The molecule has 32 heavy (non-hydrogen) atoms. The van der Waals surface area contributed by atoms with Gasteiger partial charge in [0, 0.05) is 28.5 Å². The second-order valence-corrected chi connectivity index (χ2v) is 7.24. The molecule has 0 N–H and O–H groups in total. The summed E-state index contributed by atoms with van der Waals surface area (Å²) in [5, 5.41) is 1.29. The van der Waals surface area contributed by atoms with Gasteiger partial charge in [-0.1, -0.05) is 42.5 Å². The van der Waals surface area contributed by atoms with Crippen LogP contribution in [0.5, 0.6) is 11.5 Å². The number of fused-ring (bicyclic) bond motifs is 2. The van der Waals surface area contributed by atoms with Crippen LogP contribution in [0.15, 0.2) is 97.3 Å². The minimum atomic E-state index is -0.571. The molecule has 0 bridgehead atoms. The molecule has 0 unspecified atom stereocenters. The maximum Gasteiger partial charge on any atom is 0.344 e. The van der Waals surface area contributed by atoms with Crippen LogP contribution in [-0.2, 0) is 6.61 Å². The lowest BCUT2D eigenvalue weighted by Gasteiger charge is -2.10. The van der Waals surface area contributed by atoms with Crippen molar-refractivity contribution in [2.24, 2.45) is 0 Å². The van der Waals surface area contributed by atoms with Gasteiger partial charge in [0.15, 0.2) is 11.3 Å². The highest BCUT2D eigenvalue weighted by molar-refractivity contribution is 5.96. The predicted octanol–water partition coefficient (Wildman–Crippen LogP) is 5.15. The van der Waals surface area contributed by atoms with Crippen LogP contribution in [0.1, 0.15) is 5.56 Å². The van der Waals surface area contributed by atoms with Gasteiger partial charge in [0.1, 0.15) is 17.9 Å². The van der Waals surface area contributed by atoms with E-state index in [9.17, 15) is 9.59 Å². The number of ether oxygens (including phenoxy) is 2. The molecule has 0 spiro atoms. The minimum absolute atomic E-state index is 0.265. The Morgan fingerprint density at radius 1 is 0.812 bits per heavy atom. The van der Waals surface area contributed by atoms with Crippen LogP contribution in [0.2, 0.25) is 0 Å². The van der Waals surface area contributed by atoms with Gasteiger partial charge in [0.25, 0.3) is 0 Å². The molecule has 6 nitrogen and oxygen atoms in total. The number of hydrogen-bond acceptors (Lipinski definition) is 6. The van der Waals surface area contributed by atoms with E-state index in [1.807, 2.05) is 36.4 Å². The fourth-order valence-corrected chi connectivity index (χ4v) is 3.66. The highest BCUT2D eigenvalue weighted by atomic mass is 16.5. The van der Waals surface area contributed by atoms with E-state index in [0.29, 0.717) is 45.6 Å². The summed E-state index contributed by atoms with van der Waals surface area (Å²) >= 11 is 0. The van der Waals surface area contributed by atoms with Crippen LogP contribution < -0.4 is 20.7 Å². The third-order valence-corrected chi connectivity index (χ3v) is 5.20. The van der Waals surface area contributed by atoms with Gasteiger partial charge in [-0.15, -0.1) is 0 Å². The van der Waals surface area contributed by atoms with Crippen molar-refractivity contribution in [3.05, 3.63) is 105 Å². The fraction of sp³-hybridized carbons (Fsp3) is 0.0769. The van der Waals surface area contributed by atoms with Gasteiger partial charge in [-0.3, -0.25) is 0 Å². The van der Waals surface area contributed by atoms with Gasteiger partial charge in [0.05, 0.1) is 12.7 Å². The first-order valence-corrected chi connectivity index (χ1v) is 9.98. The minimum Gasteiger partial charge on any atom is -0.493 e. The molecular formula is C26H18O6. The van der Waals surface area contributed by atoms with Gasteiger partial charge >= 0.3 is 11.3 Å². The molecule has 3 aromatic carbocycles. The Labute approximate surface area is 182 Å². The Morgan fingerprint density at radius 3 is 2.47 bits per heavy atom. The smallest absolute Gasteiger partial charge is 0.344 e. The molecule has 158 valence electrons. The monoisotopic (exact) mass is 426 g/mol. The highest BCUT2D eigenvalue weighted by Gasteiger charge is 2.16. The van der Waals surface area contributed by atoms with Crippen LogP contribution >= 0.6 is 0 Å². The third-order valence-electron chi connectivity index (χ3n) is 5.20. The number of hydrogen-bond donors (Lipinski definition) is 0. The maximum atomic E-state index is 12.8. The standard InChI is InChI=1S/C26H18O6/c1-29-22-9-5-8-17-12-21(26(28)32-25(17)22)20-14-24(27)31-23-13-18(10-11-19(20)23)30-15-16-6-3-2-4-7-16/h2-14H,15H2,1H3. The van der Waals surface area contributed by atoms with E-state index < -0.39 is 11.3 Å². The molecule has 0 amide bonds. The summed E-state index contributed by atoms with van der Waals surface area (Å²) in [6, 6.07) is 23.3. The molecule has 0 saturated heterocycles. The van der Waals surface area contributed by atoms with Gasteiger partial charge < -0.3 is 18.3 Å². The summed E-state index contributed by atoms with van der Waals surface area (Å²) in [6.45, 7) is 0.381. The zero-order valence-electron chi connectivity index (χ0n) is 17.2. The molecule has 0 atom stereocenters. The first-order chi connectivity index (χ1) is 15.6. The molecule has 5 rings (SSSR count). The lowest BCUT2D eigenvalue weighted by Crippen LogP contribution is -2.07. The Bertz CT molecular complexity index is 1550. The summed E-state index contributed by atoms with van der Waals surface area (Å²) in [6.07, 6.45) is 0. The van der Waals surface area contributed by atoms with Crippen molar-refractivity contribution in [3.63, 3.8) is 0 Å². The molecule has 0 aliphatic heterocycles. The fourth-order valence-electron chi connectivity index (χ4n) is 3.66. The lowest BCUT2D eigenvalue weighted by molar-refractivity contribution is 0.306. The molecule has 5 aromatic rings. The average molecular weight is 426 g/mol. The second kappa shape index (κ2) is 8.07. The van der Waals surface area contributed by atoms with Crippen LogP contribution in [0, 0.1) is 0 Å². The SMILES string of the molecule is COc1cccc2cc(-c3cc(=O)oc4cc(OCc5ccccc5)ccc34)c(=O)oc12. The highest BCUT2D eigenvalue weighted by Crippen LogP contribution is 2.31. The summed E-state index contributed by atoms with van der Waals surface area (Å²) in [5.74, 6) is 1.01. The van der Waals surface area contributed by atoms with Crippen molar-refractivity contribution in [2.75, 3.05) is 7.11 Å². The van der Waals surface area contributed by atoms with Crippen LogP contribution in [0.3, 0.4) is 0 Å². The lowest BCUT2D eigenvalue weighted by atomic mass is 10.0. The van der Waals surface area contributed by atoms with Crippen LogP contribution in [-0.4, -0.2) is 7.11 Å². The van der Waals surface area contributed by atoms with Crippen molar-refractivity contribution < 1.29 is 18.3 Å². The molecular weight excluding hydrogens is 408 g/mol. The molecule has 0 radical (unpaired) electrons.